The van der Waals surface area contributed by atoms with Crippen molar-refractivity contribution in [3.05, 3.63) is 64.7 Å². The predicted octanol–water partition coefficient (Wildman–Crippen LogP) is 5.07. The van der Waals surface area contributed by atoms with Gasteiger partial charge in [-0.15, -0.1) is 0 Å². The Morgan fingerprint density at radius 1 is 1.05 bits per heavy atom. The molecule has 6 nitrogen and oxygen atoms in total. The summed E-state index contributed by atoms with van der Waals surface area (Å²) in [6, 6.07) is 12.5. The molecule has 0 radical (unpaired) electrons. The lowest BCUT2D eigenvalue weighted by molar-refractivity contribution is -0.137. The number of likely N-dealkylation sites (tertiary alicyclic amines) is 1. The van der Waals surface area contributed by atoms with E-state index in [1.807, 2.05) is 18.2 Å². The van der Waals surface area contributed by atoms with Crippen molar-refractivity contribution in [2.24, 2.45) is 10.9 Å². The first-order chi connectivity index (χ1) is 17.7. The Kier molecular flexibility index (Phi) is 8.87. The van der Waals surface area contributed by atoms with E-state index in [9.17, 15) is 22.8 Å². The molecule has 0 aromatic heterocycles. The summed E-state index contributed by atoms with van der Waals surface area (Å²) in [6.07, 6.45) is 1.27. The van der Waals surface area contributed by atoms with Crippen LogP contribution in [-0.2, 0) is 11.0 Å². The Labute approximate surface area is 219 Å². The monoisotopic (exact) mass is 534 g/mol. The van der Waals surface area contributed by atoms with Crippen molar-refractivity contribution in [3.8, 4) is 0 Å². The quantitative estimate of drug-likeness (QED) is 0.526. The maximum atomic E-state index is 12.8. The highest BCUT2D eigenvalue weighted by atomic mass is 35.5. The van der Waals surface area contributed by atoms with E-state index < -0.39 is 23.6 Å². The third kappa shape index (κ3) is 7.55. The molecule has 2 saturated heterocycles. The average molecular weight is 535 g/mol. The molecule has 2 aliphatic rings. The van der Waals surface area contributed by atoms with Gasteiger partial charge in [-0.3, -0.25) is 14.5 Å². The van der Waals surface area contributed by atoms with Crippen molar-refractivity contribution < 1.29 is 22.8 Å². The van der Waals surface area contributed by atoms with E-state index in [0.29, 0.717) is 6.04 Å². The molecule has 37 heavy (non-hydrogen) atoms. The molecule has 2 aliphatic heterocycles. The molecule has 2 amide bonds. The average Bonchev–Trinajstić information content (AvgIpc) is 3.21. The second-order valence-electron chi connectivity index (χ2n) is 9.53. The Bertz CT molecular complexity index is 1140. The van der Waals surface area contributed by atoms with Crippen LogP contribution >= 0.6 is 11.6 Å². The predicted molar refractivity (Wildman–Crippen MR) is 138 cm³/mol. The number of halogens is 4. The van der Waals surface area contributed by atoms with Gasteiger partial charge < -0.3 is 10.2 Å². The van der Waals surface area contributed by atoms with Gasteiger partial charge in [0.25, 0.3) is 11.8 Å². The fourth-order valence-corrected chi connectivity index (χ4v) is 5.16. The molecule has 2 atom stereocenters. The molecule has 2 heterocycles. The molecular formula is C27H30ClF3N4O2. The summed E-state index contributed by atoms with van der Waals surface area (Å²) in [6.45, 7) is 3.36. The van der Waals surface area contributed by atoms with Crippen LogP contribution in [0.25, 0.3) is 0 Å². The Morgan fingerprint density at radius 2 is 1.86 bits per heavy atom. The number of rotatable bonds is 6. The van der Waals surface area contributed by atoms with Crippen LogP contribution in [-0.4, -0.2) is 61.7 Å². The molecule has 1 N–H and O–H groups in total. The number of alkyl halides is 3. The second-order valence-corrected chi connectivity index (χ2v) is 9.96. The number of hydrogen-bond donors (Lipinski definition) is 1. The van der Waals surface area contributed by atoms with Crippen LogP contribution in [0.5, 0.6) is 0 Å². The van der Waals surface area contributed by atoms with Crippen molar-refractivity contribution in [2.45, 2.75) is 37.9 Å². The fourth-order valence-electron chi connectivity index (χ4n) is 4.97. The van der Waals surface area contributed by atoms with Gasteiger partial charge in [0.05, 0.1) is 12.1 Å². The first-order valence-electron chi connectivity index (χ1n) is 12.5. The van der Waals surface area contributed by atoms with Crippen LogP contribution in [0.1, 0.15) is 41.6 Å². The lowest BCUT2D eigenvalue weighted by atomic mass is 10.1. The number of amides is 2. The minimum Gasteiger partial charge on any atom is -0.371 e. The number of carbonyl (C=O) groups is 2. The van der Waals surface area contributed by atoms with E-state index in [1.54, 1.807) is 6.21 Å². The molecule has 2 aromatic carbocycles. The van der Waals surface area contributed by atoms with Crippen molar-refractivity contribution in [2.75, 3.05) is 37.6 Å². The summed E-state index contributed by atoms with van der Waals surface area (Å²) in [5.74, 6) is -1.14. The van der Waals surface area contributed by atoms with Crippen molar-refractivity contribution in [3.63, 3.8) is 0 Å². The molecule has 2 unspecified atom stereocenters. The molecule has 2 aromatic rings. The van der Waals surface area contributed by atoms with Gasteiger partial charge in [-0.2, -0.15) is 13.2 Å². The molecule has 4 rings (SSSR count). The van der Waals surface area contributed by atoms with E-state index in [1.165, 1.54) is 6.07 Å². The lowest BCUT2D eigenvalue weighted by Crippen LogP contribution is -2.34. The first-order valence-corrected chi connectivity index (χ1v) is 12.8. The van der Waals surface area contributed by atoms with Gasteiger partial charge in [0.2, 0.25) is 0 Å². The summed E-state index contributed by atoms with van der Waals surface area (Å²) in [5.41, 5.74) is 0.0785. The third-order valence-corrected chi connectivity index (χ3v) is 7.16. The lowest BCUT2D eigenvalue weighted by Gasteiger charge is -2.27. The normalized spacial score (nSPS) is 21.2. The van der Waals surface area contributed by atoms with Gasteiger partial charge >= 0.3 is 6.18 Å². The van der Waals surface area contributed by atoms with Crippen LogP contribution in [0.4, 0.5) is 18.9 Å². The maximum absolute atomic E-state index is 12.8. The molecule has 2 fully saturated rings. The number of aliphatic imine (C=N–C) groups is 1. The van der Waals surface area contributed by atoms with Crippen LogP contribution in [0.15, 0.2) is 53.5 Å². The van der Waals surface area contributed by atoms with Crippen LogP contribution in [0, 0.1) is 5.92 Å². The Balaban J connectivity index is 1.22. The van der Waals surface area contributed by atoms with Gasteiger partial charge in [0, 0.05) is 54.1 Å². The molecular weight excluding hydrogens is 505 g/mol. The highest BCUT2D eigenvalue weighted by molar-refractivity contribution is 6.30. The van der Waals surface area contributed by atoms with Crippen LogP contribution in [0.2, 0.25) is 5.02 Å². The highest BCUT2D eigenvalue weighted by Gasteiger charge is 2.31. The third-order valence-electron chi connectivity index (χ3n) is 6.93. The van der Waals surface area contributed by atoms with Crippen LogP contribution in [0.3, 0.4) is 0 Å². The summed E-state index contributed by atoms with van der Waals surface area (Å²) < 4.78 is 38.5. The van der Waals surface area contributed by atoms with Gasteiger partial charge in [-0.05, 0) is 68.6 Å². The summed E-state index contributed by atoms with van der Waals surface area (Å²) in [5, 5.41) is 3.09. The molecule has 198 valence electrons. The molecule has 0 aliphatic carbocycles. The zero-order valence-corrected chi connectivity index (χ0v) is 21.1. The highest BCUT2D eigenvalue weighted by Crippen LogP contribution is 2.30. The van der Waals surface area contributed by atoms with Gasteiger partial charge in [-0.25, -0.2) is 4.99 Å². The van der Waals surface area contributed by atoms with E-state index in [-0.39, 0.29) is 18.0 Å². The van der Waals surface area contributed by atoms with E-state index in [0.717, 1.165) is 80.8 Å². The molecule has 0 spiro atoms. The van der Waals surface area contributed by atoms with Gasteiger partial charge in [0.1, 0.15) is 0 Å². The topological polar surface area (TPSA) is 65.0 Å². The molecule has 0 bridgehead atoms. The van der Waals surface area contributed by atoms with Crippen molar-refractivity contribution in [1.82, 2.24) is 10.2 Å². The van der Waals surface area contributed by atoms with E-state index >= 15 is 0 Å². The largest absolute Gasteiger partial charge is 0.416 e. The molecule has 10 heteroatoms. The second kappa shape index (κ2) is 12.1. The van der Waals surface area contributed by atoms with Crippen LogP contribution < -0.4 is 10.2 Å². The number of nitrogens with zero attached hydrogens (tertiary/aromatic N) is 3. The maximum Gasteiger partial charge on any atom is 0.416 e. The van der Waals surface area contributed by atoms with E-state index in [2.05, 4.69) is 26.2 Å². The van der Waals surface area contributed by atoms with Gasteiger partial charge in [0.15, 0.2) is 0 Å². The fraction of sp³-hybridized carbons (Fsp3) is 0.444. The van der Waals surface area contributed by atoms with Gasteiger partial charge in [-0.1, -0.05) is 23.7 Å². The number of anilines is 1. The zero-order valence-electron chi connectivity index (χ0n) is 20.4. The smallest absolute Gasteiger partial charge is 0.371 e. The summed E-state index contributed by atoms with van der Waals surface area (Å²) in [7, 11) is 0. The number of carbonyl (C=O) groups excluding carboxylic acids is 2. The summed E-state index contributed by atoms with van der Waals surface area (Å²) >= 11 is 6.16. The zero-order chi connectivity index (χ0) is 26.4. The van der Waals surface area contributed by atoms with Crippen molar-refractivity contribution >= 4 is 35.3 Å². The number of nitrogens with one attached hydrogen (secondary N) is 1. The minimum atomic E-state index is -4.54. The SMILES string of the molecule is O=C(CNC(=O)c1cccc(C(F)(F)F)c1)N=CC1CCN(C2CCCN(c3cccc(Cl)c3)CC2)C1. The first kappa shape index (κ1) is 27.1. The number of hydrogen-bond acceptors (Lipinski definition) is 4. The van der Waals surface area contributed by atoms with E-state index in [4.69, 9.17) is 11.6 Å². The Morgan fingerprint density at radius 3 is 2.65 bits per heavy atom. The van der Waals surface area contributed by atoms with Crippen molar-refractivity contribution in [1.29, 1.82) is 0 Å². The molecule has 0 saturated carbocycles. The Hall–Kier alpha value is -2.91. The number of benzene rings is 2. The minimum absolute atomic E-state index is 0.149. The standard InChI is InChI=1S/C27H30ClF3N4O2/c28-22-6-2-7-24(15-22)34-11-3-8-23(10-13-34)35-12-9-19(18-35)16-32-25(36)17-33-26(37)20-4-1-5-21(14-20)27(29,30)31/h1-2,4-7,14-16,19,23H,3,8-13,17-18H2,(H,33,37). The summed E-state index contributed by atoms with van der Waals surface area (Å²) in [4.78, 5) is 33.2.